The SMILES string of the molecule is O=C(/C=C\c1cccs1)NCCS(=O)(=O)N1CCSCC1. The summed E-state index contributed by atoms with van der Waals surface area (Å²) in [6.07, 6.45) is 3.15. The van der Waals surface area contributed by atoms with E-state index in [2.05, 4.69) is 5.32 Å². The van der Waals surface area contributed by atoms with Crippen LogP contribution in [0.5, 0.6) is 0 Å². The van der Waals surface area contributed by atoms with Crippen LogP contribution in [0.2, 0.25) is 0 Å². The molecule has 2 heterocycles. The number of carbonyl (C=O) groups is 1. The molecular weight excluding hydrogens is 328 g/mol. The van der Waals surface area contributed by atoms with Crippen LogP contribution in [0.15, 0.2) is 23.6 Å². The number of nitrogens with zero attached hydrogens (tertiary/aromatic N) is 1. The van der Waals surface area contributed by atoms with Crippen LogP contribution in [0.4, 0.5) is 0 Å². The van der Waals surface area contributed by atoms with Gasteiger partial charge in [0.15, 0.2) is 0 Å². The molecule has 0 radical (unpaired) electrons. The monoisotopic (exact) mass is 346 g/mol. The summed E-state index contributed by atoms with van der Waals surface area (Å²) in [6, 6.07) is 3.82. The van der Waals surface area contributed by atoms with E-state index in [9.17, 15) is 13.2 Å². The highest BCUT2D eigenvalue weighted by molar-refractivity contribution is 7.99. The summed E-state index contributed by atoms with van der Waals surface area (Å²) in [5.41, 5.74) is 0. The molecule has 21 heavy (non-hydrogen) atoms. The van der Waals surface area contributed by atoms with Crippen molar-refractivity contribution in [3.63, 3.8) is 0 Å². The van der Waals surface area contributed by atoms with Crippen molar-refractivity contribution < 1.29 is 13.2 Å². The zero-order valence-electron chi connectivity index (χ0n) is 11.5. The molecule has 1 amide bonds. The summed E-state index contributed by atoms with van der Waals surface area (Å²) in [5.74, 6) is 1.37. The van der Waals surface area contributed by atoms with Crippen LogP contribution in [0, 0.1) is 0 Å². The van der Waals surface area contributed by atoms with Crippen molar-refractivity contribution in [1.82, 2.24) is 9.62 Å². The molecule has 0 aliphatic carbocycles. The molecule has 5 nitrogen and oxygen atoms in total. The molecule has 1 aromatic rings. The molecule has 1 N–H and O–H groups in total. The van der Waals surface area contributed by atoms with Crippen molar-refractivity contribution in [3.8, 4) is 0 Å². The second kappa shape index (κ2) is 7.98. The fourth-order valence-corrected chi connectivity index (χ4v) is 4.97. The number of hydrogen-bond donors (Lipinski definition) is 1. The van der Waals surface area contributed by atoms with E-state index in [1.165, 1.54) is 10.4 Å². The first kappa shape index (κ1) is 16.5. The minimum absolute atomic E-state index is 0.0454. The summed E-state index contributed by atoms with van der Waals surface area (Å²) in [5, 5.41) is 4.54. The minimum atomic E-state index is -3.25. The van der Waals surface area contributed by atoms with E-state index in [-0.39, 0.29) is 18.2 Å². The summed E-state index contributed by atoms with van der Waals surface area (Å²) >= 11 is 3.31. The molecule has 1 aliphatic rings. The summed E-state index contributed by atoms with van der Waals surface area (Å²) in [4.78, 5) is 12.6. The highest BCUT2D eigenvalue weighted by Gasteiger charge is 2.23. The van der Waals surface area contributed by atoms with Gasteiger partial charge in [-0.3, -0.25) is 4.79 Å². The van der Waals surface area contributed by atoms with Crippen molar-refractivity contribution in [2.45, 2.75) is 0 Å². The molecule has 1 saturated heterocycles. The summed E-state index contributed by atoms with van der Waals surface area (Å²) in [7, 11) is -3.25. The fraction of sp³-hybridized carbons (Fsp3) is 0.462. The van der Waals surface area contributed by atoms with Gasteiger partial charge in [0.2, 0.25) is 15.9 Å². The summed E-state index contributed by atoms with van der Waals surface area (Å²) in [6.45, 7) is 1.28. The average Bonchev–Trinajstić information content (AvgIpc) is 2.99. The Labute approximate surface area is 133 Å². The molecule has 0 bridgehead atoms. The smallest absolute Gasteiger partial charge is 0.244 e. The molecule has 0 spiro atoms. The van der Waals surface area contributed by atoms with Gasteiger partial charge in [-0.1, -0.05) is 6.07 Å². The maximum atomic E-state index is 12.1. The zero-order chi connectivity index (χ0) is 15.1. The third-order valence-corrected chi connectivity index (χ3v) is 6.62. The standard InChI is InChI=1S/C13H18N2O3S3/c16-13(4-3-12-2-1-8-20-12)14-5-11-21(17,18)15-6-9-19-10-7-15/h1-4,8H,5-7,9-11H2,(H,14,16)/b4-3-. The van der Waals surface area contributed by atoms with Gasteiger partial charge >= 0.3 is 0 Å². The Hall–Kier alpha value is -0.830. The lowest BCUT2D eigenvalue weighted by Crippen LogP contribution is -2.41. The lowest BCUT2D eigenvalue weighted by Gasteiger charge is -2.25. The van der Waals surface area contributed by atoms with E-state index >= 15 is 0 Å². The van der Waals surface area contributed by atoms with Crippen molar-refractivity contribution in [2.24, 2.45) is 0 Å². The quantitative estimate of drug-likeness (QED) is 0.788. The topological polar surface area (TPSA) is 66.5 Å². The summed E-state index contributed by atoms with van der Waals surface area (Å²) < 4.78 is 25.6. The van der Waals surface area contributed by atoms with Crippen LogP contribution in [0.25, 0.3) is 6.08 Å². The first-order valence-corrected chi connectivity index (χ1v) is 10.3. The van der Waals surface area contributed by atoms with Gasteiger partial charge in [0.25, 0.3) is 0 Å². The Balaban J connectivity index is 1.74. The van der Waals surface area contributed by atoms with Crippen LogP contribution in [0.1, 0.15) is 4.88 Å². The predicted octanol–water partition coefficient (Wildman–Crippen LogP) is 1.26. The number of sulfonamides is 1. The van der Waals surface area contributed by atoms with E-state index in [4.69, 9.17) is 0 Å². The van der Waals surface area contributed by atoms with Crippen LogP contribution in [-0.4, -0.2) is 55.5 Å². The number of thioether (sulfide) groups is 1. The molecule has 1 aliphatic heterocycles. The number of nitrogens with one attached hydrogen (secondary N) is 1. The van der Waals surface area contributed by atoms with Gasteiger partial charge in [0.05, 0.1) is 5.75 Å². The van der Waals surface area contributed by atoms with Gasteiger partial charge in [-0.2, -0.15) is 11.8 Å². The fourth-order valence-electron chi connectivity index (χ4n) is 1.86. The van der Waals surface area contributed by atoms with Gasteiger partial charge in [0.1, 0.15) is 0 Å². The minimum Gasteiger partial charge on any atom is -0.351 e. The third-order valence-electron chi connectivity index (χ3n) is 2.96. The second-order valence-electron chi connectivity index (χ2n) is 4.47. The molecule has 0 aromatic carbocycles. The van der Waals surface area contributed by atoms with Gasteiger partial charge in [0, 0.05) is 42.1 Å². The van der Waals surface area contributed by atoms with Gasteiger partial charge in [-0.25, -0.2) is 12.7 Å². The number of carbonyl (C=O) groups excluding carboxylic acids is 1. The third kappa shape index (κ3) is 5.46. The molecular formula is C13H18N2O3S3. The predicted molar refractivity (Wildman–Crippen MR) is 89.0 cm³/mol. The Morgan fingerprint density at radius 3 is 2.81 bits per heavy atom. The molecule has 8 heteroatoms. The molecule has 2 rings (SSSR count). The van der Waals surface area contributed by atoms with Crippen LogP contribution < -0.4 is 5.32 Å². The van der Waals surface area contributed by atoms with Crippen LogP contribution in [0.3, 0.4) is 0 Å². The molecule has 0 saturated carbocycles. The first-order valence-electron chi connectivity index (χ1n) is 6.63. The van der Waals surface area contributed by atoms with Gasteiger partial charge in [-0.05, 0) is 17.5 Å². The Morgan fingerprint density at radius 1 is 1.38 bits per heavy atom. The first-order chi connectivity index (χ1) is 10.1. The van der Waals surface area contributed by atoms with Gasteiger partial charge in [-0.15, -0.1) is 11.3 Å². The van der Waals surface area contributed by atoms with E-state index in [0.29, 0.717) is 13.1 Å². The number of rotatable bonds is 6. The Bertz CT molecular complexity index is 576. The molecule has 1 aromatic heterocycles. The van der Waals surface area contributed by atoms with Crippen molar-refractivity contribution in [3.05, 3.63) is 28.5 Å². The van der Waals surface area contributed by atoms with Gasteiger partial charge < -0.3 is 5.32 Å². The largest absolute Gasteiger partial charge is 0.351 e. The highest BCUT2D eigenvalue weighted by atomic mass is 32.2. The molecule has 1 fully saturated rings. The van der Waals surface area contributed by atoms with Crippen molar-refractivity contribution in [2.75, 3.05) is 36.9 Å². The van der Waals surface area contributed by atoms with E-state index < -0.39 is 10.0 Å². The number of hydrogen-bond acceptors (Lipinski definition) is 5. The molecule has 0 unspecified atom stereocenters. The van der Waals surface area contributed by atoms with Crippen molar-refractivity contribution >= 4 is 45.1 Å². The van der Waals surface area contributed by atoms with Crippen LogP contribution in [-0.2, 0) is 14.8 Å². The molecule has 116 valence electrons. The normalized spacial score (nSPS) is 17.1. The van der Waals surface area contributed by atoms with Crippen molar-refractivity contribution in [1.29, 1.82) is 0 Å². The van der Waals surface area contributed by atoms with E-state index in [1.807, 2.05) is 17.5 Å². The highest BCUT2D eigenvalue weighted by Crippen LogP contribution is 2.13. The van der Waals surface area contributed by atoms with E-state index in [1.54, 1.807) is 29.2 Å². The maximum absolute atomic E-state index is 12.1. The second-order valence-corrected chi connectivity index (χ2v) is 8.76. The molecule has 0 atom stereocenters. The average molecular weight is 346 g/mol. The number of thiophene rings is 1. The Kier molecular flexibility index (Phi) is 6.28. The zero-order valence-corrected chi connectivity index (χ0v) is 14.0. The number of amides is 1. The Morgan fingerprint density at radius 2 is 2.14 bits per heavy atom. The lowest BCUT2D eigenvalue weighted by atomic mass is 10.4. The van der Waals surface area contributed by atoms with E-state index in [0.717, 1.165) is 16.4 Å². The maximum Gasteiger partial charge on any atom is 0.244 e. The van der Waals surface area contributed by atoms with Crippen LogP contribution >= 0.6 is 23.1 Å². The lowest BCUT2D eigenvalue weighted by molar-refractivity contribution is -0.116.